The molecule has 4 N–H and O–H groups in total. The van der Waals surface area contributed by atoms with Crippen LogP contribution in [0.2, 0.25) is 0 Å². The zero-order chi connectivity index (χ0) is 16.5. The number of hydrogen-bond donors (Lipinski definition) is 4. The van der Waals surface area contributed by atoms with Gasteiger partial charge in [0, 0.05) is 36.4 Å². The van der Waals surface area contributed by atoms with Crippen LogP contribution in [-0.4, -0.2) is 46.0 Å². The van der Waals surface area contributed by atoms with Crippen LogP contribution in [0.4, 0.5) is 0 Å². The van der Waals surface area contributed by atoms with Gasteiger partial charge in [-0.1, -0.05) is 12.8 Å². The second-order valence-corrected chi connectivity index (χ2v) is 4.86. The van der Waals surface area contributed by atoms with Crippen molar-refractivity contribution < 1.29 is 29.4 Å². The Morgan fingerprint density at radius 1 is 0.727 bits per heavy atom. The lowest BCUT2D eigenvalue weighted by Gasteiger charge is -2.32. The van der Waals surface area contributed by atoms with E-state index in [0.717, 1.165) is 37.1 Å². The van der Waals surface area contributed by atoms with E-state index in [9.17, 15) is 19.2 Å². The first-order chi connectivity index (χ1) is 10.4. The Labute approximate surface area is 126 Å². The molecule has 120 valence electrons. The van der Waals surface area contributed by atoms with Gasteiger partial charge in [-0.3, -0.25) is 9.59 Å². The average Bonchev–Trinajstić information content (AvgIpc) is 2.45. The van der Waals surface area contributed by atoms with E-state index in [4.69, 9.17) is 10.2 Å². The SMILES string of the molecule is O=C(O)/C=C/C(=O)N[C@H]1CCCC[C@@H]1NC(=O)/C=C/C(=O)O. The van der Waals surface area contributed by atoms with E-state index in [1.807, 2.05) is 0 Å². The largest absolute Gasteiger partial charge is 0.478 e. The first kappa shape index (κ1) is 17.4. The third kappa shape index (κ3) is 6.69. The number of aliphatic carboxylic acids is 2. The van der Waals surface area contributed by atoms with E-state index >= 15 is 0 Å². The number of carboxylic acid groups (broad SMARTS) is 2. The quantitative estimate of drug-likeness (QED) is 0.503. The van der Waals surface area contributed by atoms with Crippen LogP contribution < -0.4 is 10.6 Å². The third-order valence-corrected chi connectivity index (χ3v) is 3.18. The number of nitrogens with one attached hydrogen (secondary N) is 2. The second-order valence-electron chi connectivity index (χ2n) is 4.86. The van der Waals surface area contributed by atoms with Gasteiger partial charge < -0.3 is 20.8 Å². The fourth-order valence-corrected chi connectivity index (χ4v) is 2.23. The van der Waals surface area contributed by atoms with Crippen molar-refractivity contribution in [1.29, 1.82) is 0 Å². The molecule has 0 aromatic heterocycles. The molecule has 2 atom stereocenters. The minimum Gasteiger partial charge on any atom is -0.478 e. The minimum absolute atomic E-state index is 0.318. The Hall–Kier alpha value is -2.64. The number of carbonyl (C=O) groups is 4. The summed E-state index contributed by atoms with van der Waals surface area (Å²) in [5.41, 5.74) is 0. The Bertz CT molecular complexity index is 465. The van der Waals surface area contributed by atoms with Crippen molar-refractivity contribution in [3.63, 3.8) is 0 Å². The number of carbonyl (C=O) groups excluding carboxylic acids is 2. The van der Waals surface area contributed by atoms with Crippen LogP contribution in [0.5, 0.6) is 0 Å². The molecule has 1 rings (SSSR count). The Morgan fingerprint density at radius 2 is 1.09 bits per heavy atom. The van der Waals surface area contributed by atoms with Gasteiger partial charge in [0.05, 0.1) is 0 Å². The van der Waals surface area contributed by atoms with E-state index in [1.165, 1.54) is 0 Å². The van der Waals surface area contributed by atoms with Crippen LogP contribution in [0.1, 0.15) is 25.7 Å². The van der Waals surface area contributed by atoms with Crippen LogP contribution in [0, 0.1) is 0 Å². The zero-order valence-corrected chi connectivity index (χ0v) is 11.8. The van der Waals surface area contributed by atoms with Crippen LogP contribution in [0.15, 0.2) is 24.3 Å². The summed E-state index contributed by atoms with van der Waals surface area (Å²) in [5.74, 6) is -3.53. The molecule has 2 amide bonds. The van der Waals surface area contributed by atoms with Crippen LogP contribution in [0.3, 0.4) is 0 Å². The van der Waals surface area contributed by atoms with Crippen molar-refractivity contribution in [2.24, 2.45) is 0 Å². The average molecular weight is 310 g/mol. The third-order valence-electron chi connectivity index (χ3n) is 3.18. The molecule has 0 aromatic carbocycles. The van der Waals surface area contributed by atoms with Gasteiger partial charge in [0.2, 0.25) is 11.8 Å². The first-order valence-corrected chi connectivity index (χ1v) is 6.81. The number of rotatable bonds is 6. The van der Waals surface area contributed by atoms with Gasteiger partial charge in [0.15, 0.2) is 0 Å². The molecular weight excluding hydrogens is 292 g/mol. The molecule has 1 aliphatic carbocycles. The second kappa shape index (κ2) is 8.60. The zero-order valence-electron chi connectivity index (χ0n) is 11.8. The molecule has 1 fully saturated rings. The highest BCUT2D eigenvalue weighted by Crippen LogP contribution is 2.18. The van der Waals surface area contributed by atoms with Crippen molar-refractivity contribution in [2.45, 2.75) is 37.8 Å². The molecule has 0 spiro atoms. The molecule has 0 radical (unpaired) electrons. The lowest BCUT2D eigenvalue weighted by atomic mass is 9.90. The van der Waals surface area contributed by atoms with E-state index in [-0.39, 0.29) is 12.1 Å². The summed E-state index contributed by atoms with van der Waals surface area (Å²) in [6, 6.07) is -0.635. The smallest absolute Gasteiger partial charge is 0.328 e. The number of amides is 2. The standard InChI is InChI=1S/C14H18N2O6/c17-11(5-7-13(19)20)15-9-3-1-2-4-10(9)16-12(18)6-8-14(21)22/h5-10H,1-4H2,(H,15,17)(H,16,18)(H,19,20)(H,21,22)/b7-5+,8-6+/t9-,10-/m0/s1. The van der Waals surface area contributed by atoms with Crippen LogP contribution in [-0.2, 0) is 19.2 Å². The van der Waals surface area contributed by atoms with Crippen molar-refractivity contribution in [3.8, 4) is 0 Å². The highest BCUT2D eigenvalue weighted by Gasteiger charge is 2.26. The van der Waals surface area contributed by atoms with E-state index in [2.05, 4.69) is 10.6 Å². The molecule has 1 saturated carbocycles. The summed E-state index contributed by atoms with van der Waals surface area (Å²) >= 11 is 0. The van der Waals surface area contributed by atoms with Crippen molar-refractivity contribution in [2.75, 3.05) is 0 Å². The van der Waals surface area contributed by atoms with Crippen molar-refractivity contribution >= 4 is 23.8 Å². The summed E-state index contributed by atoms with van der Waals surface area (Å²) in [4.78, 5) is 43.9. The van der Waals surface area contributed by atoms with Crippen LogP contribution >= 0.6 is 0 Å². The molecular formula is C14H18N2O6. The van der Waals surface area contributed by atoms with Gasteiger partial charge in [-0.25, -0.2) is 9.59 Å². The molecule has 22 heavy (non-hydrogen) atoms. The van der Waals surface area contributed by atoms with E-state index in [0.29, 0.717) is 12.8 Å². The van der Waals surface area contributed by atoms with Gasteiger partial charge in [0.1, 0.15) is 0 Å². The van der Waals surface area contributed by atoms with Gasteiger partial charge in [-0.2, -0.15) is 0 Å². The van der Waals surface area contributed by atoms with Gasteiger partial charge >= 0.3 is 11.9 Å². The first-order valence-electron chi connectivity index (χ1n) is 6.81. The van der Waals surface area contributed by atoms with Gasteiger partial charge in [-0.05, 0) is 12.8 Å². The van der Waals surface area contributed by atoms with Crippen molar-refractivity contribution in [3.05, 3.63) is 24.3 Å². The molecule has 8 heteroatoms. The van der Waals surface area contributed by atoms with Gasteiger partial charge in [-0.15, -0.1) is 0 Å². The molecule has 0 heterocycles. The topological polar surface area (TPSA) is 133 Å². The molecule has 0 aliphatic heterocycles. The molecule has 0 aromatic rings. The number of hydrogen-bond acceptors (Lipinski definition) is 4. The maximum Gasteiger partial charge on any atom is 0.328 e. The Kier molecular flexibility index (Phi) is 6.81. The summed E-state index contributed by atoms with van der Waals surface area (Å²) in [7, 11) is 0. The normalized spacial score (nSPS) is 21.6. The Morgan fingerprint density at radius 3 is 1.41 bits per heavy atom. The molecule has 1 aliphatic rings. The van der Waals surface area contributed by atoms with E-state index < -0.39 is 23.8 Å². The maximum absolute atomic E-state index is 11.6. The molecule has 0 bridgehead atoms. The predicted octanol–water partition coefficient (Wildman–Crippen LogP) is -0.188. The Balaban J connectivity index is 2.59. The van der Waals surface area contributed by atoms with Gasteiger partial charge in [0.25, 0.3) is 0 Å². The molecule has 0 unspecified atom stereocenters. The monoisotopic (exact) mass is 310 g/mol. The summed E-state index contributed by atoms with van der Waals surface area (Å²) in [6.07, 6.45) is 6.37. The minimum atomic E-state index is -1.22. The lowest BCUT2D eigenvalue weighted by Crippen LogP contribution is -2.52. The fourth-order valence-electron chi connectivity index (χ4n) is 2.23. The maximum atomic E-state index is 11.6. The molecule has 8 nitrogen and oxygen atoms in total. The van der Waals surface area contributed by atoms with Crippen molar-refractivity contribution in [1.82, 2.24) is 10.6 Å². The highest BCUT2D eigenvalue weighted by atomic mass is 16.4. The summed E-state index contributed by atoms with van der Waals surface area (Å²) in [6.45, 7) is 0. The van der Waals surface area contributed by atoms with E-state index in [1.54, 1.807) is 0 Å². The lowest BCUT2D eigenvalue weighted by molar-refractivity contribution is -0.132. The predicted molar refractivity (Wildman–Crippen MR) is 75.9 cm³/mol. The number of carboxylic acids is 2. The van der Waals surface area contributed by atoms with Crippen LogP contribution in [0.25, 0.3) is 0 Å². The summed E-state index contributed by atoms with van der Waals surface area (Å²) in [5, 5.41) is 22.2. The highest BCUT2D eigenvalue weighted by molar-refractivity contribution is 5.95. The summed E-state index contributed by atoms with van der Waals surface area (Å²) < 4.78 is 0. The molecule has 0 saturated heterocycles. The fraction of sp³-hybridized carbons (Fsp3) is 0.429.